The molecule has 0 aliphatic heterocycles. The molecule has 0 bridgehead atoms. The van der Waals surface area contributed by atoms with E-state index in [0.717, 1.165) is 23.4 Å². The summed E-state index contributed by atoms with van der Waals surface area (Å²) in [6.45, 7) is 4.92. The zero-order valence-electron chi connectivity index (χ0n) is 11.6. The molecule has 1 heterocycles. The number of benzene rings is 1. The predicted octanol–water partition coefficient (Wildman–Crippen LogP) is 3.78. The third-order valence-electron chi connectivity index (χ3n) is 2.58. The van der Waals surface area contributed by atoms with Gasteiger partial charge in [0.15, 0.2) is 0 Å². The Morgan fingerprint density at radius 1 is 1.25 bits per heavy atom. The Morgan fingerprint density at radius 2 is 2.00 bits per heavy atom. The van der Waals surface area contributed by atoms with Crippen LogP contribution in [0.3, 0.4) is 0 Å². The zero-order valence-corrected chi connectivity index (χ0v) is 12.4. The number of carbonyl (C=O) groups excluding carboxylic acids is 1. The van der Waals surface area contributed by atoms with Gasteiger partial charge >= 0.3 is 5.97 Å². The summed E-state index contributed by atoms with van der Waals surface area (Å²) < 4.78 is 10.5. The van der Waals surface area contributed by atoms with Crippen molar-refractivity contribution in [3.8, 4) is 17.0 Å². The highest BCUT2D eigenvalue weighted by Gasteiger charge is 2.12. The van der Waals surface area contributed by atoms with E-state index in [-0.39, 0.29) is 5.97 Å². The number of rotatable bonds is 6. The first-order valence-electron chi connectivity index (χ1n) is 6.60. The van der Waals surface area contributed by atoms with Gasteiger partial charge in [0, 0.05) is 10.9 Å². The van der Waals surface area contributed by atoms with E-state index in [1.807, 2.05) is 29.6 Å². The van der Waals surface area contributed by atoms with Gasteiger partial charge in [-0.25, -0.2) is 9.78 Å². The molecule has 0 unspecified atom stereocenters. The summed E-state index contributed by atoms with van der Waals surface area (Å²) in [6, 6.07) is 7.70. The van der Waals surface area contributed by atoms with E-state index < -0.39 is 0 Å². The van der Waals surface area contributed by atoms with Crippen LogP contribution in [0.5, 0.6) is 5.75 Å². The number of hydrogen-bond donors (Lipinski definition) is 0. The molecule has 2 aromatic rings. The third kappa shape index (κ3) is 3.57. The molecular weight excluding hydrogens is 274 g/mol. The second-order valence-electron chi connectivity index (χ2n) is 4.13. The maximum Gasteiger partial charge on any atom is 0.367 e. The van der Waals surface area contributed by atoms with Gasteiger partial charge in [-0.1, -0.05) is 6.92 Å². The van der Waals surface area contributed by atoms with Crippen LogP contribution in [-0.2, 0) is 4.74 Å². The SMILES string of the molecule is CCCOc1ccc(-c2csc(C(=O)OCC)n2)cc1. The molecule has 0 fully saturated rings. The van der Waals surface area contributed by atoms with Crippen molar-refractivity contribution in [2.45, 2.75) is 20.3 Å². The van der Waals surface area contributed by atoms with E-state index >= 15 is 0 Å². The molecule has 5 heteroatoms. The topological polar surface area (TPSA) is 48.4 Å². The van der Waals surface area contributed by atoms with Crippen LogP contribution in [0.1, 0.15) is 30.1 Å². The van der Waals surface area contributed by atoms with E-state index in [9.17, 15) is 4.79 Å². The summed E-state index contributed by atoms with van der Waals surface area (Å²) >= 11 is 1.29. The molecule has 0 aliphatic carbocycles. The maximum atomic E-state index is 11.6. The number of esters is 1. The average Bonchev–Trinajstić information content (AvgIpc) is 2.96. The summed E-state index contributed by atoms with van der Waals surface area (Å²) in [7, 11) is 0. The average molecular weight is 291 g/mol. The second kappa shape index (κ2) is 7.05. The van der Waals surface area contributed by atoms with Crippen LogP contribution in [0.2, 0.25) is 0 Å². The van der Waals surface area contributed by atoms with E-state index in [0.29, 0.717) is 18.2 Å². The van der Waals surface area contributed by atoms with Crippen molar-refractivity contribution < 1.29 is 14.3 Å². The van der Waals surface area contributed by atoms with Gasteiger partial charge in [-0.05, 0) is 37.6 Å². The van der Waals surface area contributed by atoms with Crippen molar-refractivity contribution in [1.82, 2.24) is 4.98 Å². The van der Waals surface area contributed by atoms with Gasteiger partial charge in [-0.3, -0.25) is 0 Å². The quantitative estimate of drug-likeness (QED) is 0.760. The molecule has 0 aliphatic rings. The van der Waals surface area contributed by atoms with Crippen molar-refractivity contribution in [2.75, 3.05) is 13.2 Å². The van der Waals surface area contributed by atoms with Crippen LogP contribution in [0.15, 0.2) is 29.6 Å². The van der Waals surface area contributed by atoms with Gasteiger partial charge in [0.25, 0.3) is 0 Å². The van der Waals surface area contributed by atoms with Crippen molar-refractivity contribution in [3.63, 3.8) is 0 Å². The number of hydrogen-bond acceptors (Lipinski definition) is 5. The van der Waals surface area contributed by atoms with Gasteiger partial charge in [0.1, 0.15) is 5.75 Å². The molecule has 0 N–H and O–H groups in total. The Kier molecular flexibility index (Phi) is 5.12. The Balaban J connectivity index is 2.09. The van der Waals surface area contributed by atoms with Crippen LogP contribution in [0.4, 0.5) is 0 Å². The molecule has 0 radical (unpaired) electrons. The summed E-state index contributed by atoms with van der Waals surface area (Å²) in [5.41, 5.74) is 1.74. The standard InChI is InChI=1S/C15H17NO3S/c1-3-9-19-12-7-5-11(6-8-12)13-10-20-14(16-13)15(17)18-4-2/h5-8,10H,3-4,9H2,1-2H3. The highest BCUT2D eigenvalue weighted by atomic mass is 32.1. The number of aromatic nitrogens is 1. The van der Waals surface area contributed by atoms with E-state index in [2.05, 4.69) is 11.9 Å². The number of carbonyl (C=O) groups is 1. The van der Waals surface area contributed by atoms with Crippen molar-refractivity contribution >= 4 is 17.3 Å². The Hall–Kier alpha value is -1.88. The monoisotopic (exact) mass is 291 g/mol. The first-order chi connectivity index (χ1) is 9.74. The number of thiazole rings is 1. The molecule has 1 aromatic heterocycles. The highest BCUT2D eigenvalue weighted by Crippen LogP contribution is 2.24. The minimum Gasteiger partial charge on any atom is -0.494 e. The first-order valence-corrected chi connectivity index (χ1v) is 7.48. The lowest BCUT2D eigenvalue weighted by Gasteiger charge is -2.04. The molecular formula is C15H17NO3S. The van der Waals surface area contributed by atoms with Gasteiger partial charge in [-0.2, -0.15) is 0 Å². The number of nitrogens with zero attached hydrogens (tertiary/aromatic N) is 1. The minimum atomic E-state index is -0.369. The summed E-state index contributed by atoms with van der Waals surface area (Å²) in [5, 5.41) is 2.24. The largest absolute Gasteiger partial charge is 0.494 e. The van der Waals surface area contributed by atoms with Crippen LogP contribution in [0, 0.1) is 0 Å². The molecule has 0 spiro atoms. The third-order valence-corrected chi connectivity index (χ3v) is 3.40. The molecule has 0 atom stereocenters. The van der Waals surface area contributed by atoms with E-state index in [1.54, 1.807) is 6.92 Å². The lowest BCUT2D eigenvalue weighted by molar-refractivity contribution is 0.0526. The molecule has 0 saturated heterocycles. The minimum absolute atomic E-state index is 0.358. The van der Waals surface area contributed by atoms with Crippen molar-refractivity contribution in [3.05, 3.63) is 34.7 Å². The molecule has 106 valence electrons. The van der Waals surface area contributed by atoms with E-state index in [1.165, 1.54) is 11.3 Å². The highest BCUT2D eigenvalue weighted by molar-refractivity contribution is 7.11. The summed E-state index contributed by atoms with van der Waals surface area (Å²) in [6.07, 6.45) is 0.983. The Bertz CT molecular complexity index is 563. The molecule has 0 saturated carbocycles. The molecule has 2 rings (SSSR count). The summed E-state index contributed by atoms with van der Waals surface area (Å²) in [5.74, 6) is 0.475. The van der Waals surface area contributed by atoms with Gasteiger partial charge in [0.05, 0.1) is 18.9 Å². The van der Waals surface area contributed by atoms with Crippen molar-refractivity contribution in [1.29, 1.82) is 0 Å². The number of ether oxygens (including phenoxy) is 2. The second-order valence-corrected chi connectivity index (χ2v) is 4.99. The van der Waals surface area contributed by atoms with Crippen molar-refractivity contribution in [2.24, 2.45) is 0 Å². The fourth-order valence-electron chi connectivity index (χ4n) is 1.63. The van der Waals surface area contributed by atoms with Crippen LogP contribution < -0.4 is 4.74 Å². The molecule has 1 aromatic carbocycles. The lowest BCUT2D eigenvalue weighted by atomic mass is 10.2. The maximum absolute atomic E-state index is 11.6. The van der Waals surface area contributed by atoms with Gasteiger partial charge in [-0.15, -0.1) is 11.3 Å². The lowest BCUT2D eigenvalue weighted by Crippen LogP contribution is -2.03. The van der Waals surface area contributed by atoms with Crippen LogP contribution in [-0.4, -0.2) is 24.2 Å². The van der Waals surface area contributed by atoms with Crippen LogP contribution in [0.25, 0.3) is 11.3 Å². The fraction of sp³-hybridized carbons (Fsp3) is 0.333. The zero-order chi connectivity index (χ0) is 14.4. The van der Waals surface area contributed by atoms with E-state index in [4.69, 9.17) is 9.47 Å². The predicted molar refractivity (Wildman–Crippen MR) is 79.3 cm³/mol. The first kappa shape index (κ1) is 14.5. The molecule has 0 amide bonds. The Labute approximate surface area is 122 Å². The Morgan fingerprint density at radius 3 is 2.65 bits per heavy atom. The van der Waals surface area contributed by atoms with Gasteiger partial charge < -0.3 is 9.47 Å². The normalized spacial score (nSPS) is 10.3. The smallest absolute Gasteiger partial charge is 0.367 e. The molecule has 4 nitrogen and oxygen atoms in total. The molecule has 20 heavy (non-hydrogen) atoms. The van der Waals surface area contributed by atoms with Crippen LogP contribution >= 0.6 is 11.3 Å². The summed E-state index contributed by atoms with van der Waals surface area (Å²) in [4.78, 5) is 15.9. The van der Waals surface area contributed by atoms with Gasteiger partial charge in [0.2, 0.25) is 5.01 Å². The fourth-order valence-corrected chi connectivity index (χ4v) is 2.35.